The quantitative estimate of drug-likeness (QED) is 0.551. The van der Waals surface area contributed by atoms with E-state index in [1.807, 2.05) is 41.0 Å². The lowest BCUT2D eigenvalue weighted by molar-refractivity contribution is -0.682. The Balaban J connectivity index is 2.19. The van der Waals surface area contributed by atoms with Crippen LogP contribution in [0.5, 0.6) is 11.5 Å². The highest BCUT2D eigenvalue weighted by Crippen LogP contribution is 2.32. The van der Waals surface area contributed by atoms with Gasteiger partial charge in [-0.25, -0.2) is 4.57 Å². The molecule has 0 spiro atoms. The summed E-state index contributed by atoms with van der Waals surface area (Å²) in [5.41, 5.74) is 8.09. The molecular weight excluding hydrogens is 346 g/mol. The highest BCUT2D eigenvalue weighted by atomic mass is 35.5. The first-order valence-electron chi connectivity index (χ1n) is 7.26. The van der Waals surface area contributed by atoms with Crippen LogP contribution < -0.4 is 19.8 Å². The summed E-state index contributed by atoms with van der Waals surface area (Å²) in [5, 5.41) is 1.47. The average Bonchev–Trinajstić information content (AvgIpc) is 2.59. The monoisotopic (exact) mass is 362 g/mol. The molecule has 0 saturated heterocycles. The van der Waals surface area contributed by atoms with Crippen molar-refractivity contribution in [3.8, 4) is 11.5 Å². The first-order valence-corrected chi connectivity index (χ1v) is 8.04. The summed E-state index contributed by atoms with van der Waals surface area (Å²) in [6.07, 6.45) is 0. The second-order valence-electron chi connectivity index (χ2n) is 5.25. The molecule has 3 aromatic rings. The standard InChI is InChI=1S/C17H16ClN3O2S/c1-22-14-7-11-13(8-15(14)23-2)20-17(24)21(16(11)19)9-10-5-3-4-6-12(10)18/h3-8H,9H2,1-2H3,(H2,19,20,24)/p+1. The number of rotatable bonds is 4. The van der Waals surface area contributed by atoms with E-state index < -0.39 is 0 Å². The van der Waals surface area contributed by atoms with Crippen molar-refractivity contribution in [3.63, 3.8) is 0 Å². The van der Waals surface area contributed by atoms with E-state index in [0.29, 0.717) is 33.7 Å². The Morgan fingerprint density at radius 2 is 1.83 bits per heavy atom. The van der Waals surface area contributed by atoms with Crippen LogP contribution in [-0.4, -0.2) is 19.2 Å². The van der Waals surface area contributed by atoms with Gasteiger partial charge in [0.2, 0.25) is 5.82 Å². The molecule has 7 heteroatoms. The van der Waals surface area contributed by atoms with Crippen molar-refractivity contribution in [3.05, 3.63) is 51.8 Å². The van der Waals surface area contributed by atoms with Crippen LogP contribution in [0.3, 0.4) is 0 Å². The Morgan fingerprint density at radius 1 is 1.17 bits per heavy atom. The number of H-pyrrole nitrogens is 1. The summed E-state index contributed by atoms with van der Waals surface area (Å²) in [6.45, 7) is 0.477. The number of nitrogen functional groups attached to an aromatic ring is 1. The first kappa shape index (κ1) is 16.5. The number of fused-ring (bicyclic) bond motifs is 1. The smallest absolute Gasteiger partial charge is 0.295 e. The van der Waals surface area contributed by atoms with E-state index in [0.717, 1.165) is 16.5 Å². The number of nitrogens with zero attached hydrogens (tertiary/aromatic N) is 1. The van der Waals surface area contributed by atoms with Gasteiger partial charge in [-0.1, -0.05) is 29.8 Å². The van der Waals surface area contributed by atoms with E-state index in [1.54, 1.807) is 14.2 Å². The van der Waals surface area contributed by atoms with Crippen LogP contribution >= 0.6 is 23.8 Å². The summed E-state index contributed by atoms with van der Waals surface area (Å²) in [6, 6.07) is 11.3. The Morgan fingerprint density at radius 3 is 2.50 bits per heavy atom. The van der Waals surface area contributed by atoms with Crippen LogP contribution in [0.2, 0.25) is 5.02 Å². The molecule has 0 atom stereocenters. The molecule has 3 N–H and O–H groups in total. The maximum absolute atomic E-state index is 6.37. The van der Waals surface area contributed by atoms with E-state index in [1.165, 1.54) is 0 Å². The van der Waals surface area contributed by atoms with Gasteiger partial charge in [0.05, 0.1) is 26.2 Å². The third kappa shape index (κ3) is 2.90. The van der Waals surface area contributed by atoms with Gasteiger partial charge in [0.1, 0.15) is 5.52 Å². The maximum Gasteiger partial charge on any atom is 0.295 e. The Hall–Kier alpha value is -2.31. The van der Waals surface area contributed by atoms with Crippen molar-refractivity contribution in [2.24, 2.45) is 0 Å². The normalized spacial score (nSPS) is 10.8. The van der Waals surface area contributed by atoms with Gasteiger partial charge in [-0.2, -0.15) is 0 Å². The zero-order chi connectivity index (χ0) is 17.3. The number of aromatic amines is 1. The minimum atomic E-state index is 0.477. The second-order valence-corrected chi connectivity index (χ2v) is 6.04. The van der Waals surface area contributed by atoms with Crippen molar-refractivity contribution in [1.29, 1.82) is 0 Å². The Kier molecular flexibility index (Phi) is 4.59. The van der Waals surface area contributed by atoms with Crippen LogP contribution in [0, 0.1) is 4.77 Å². The SMILES string of the molecule is COc1cc2[nH]c(=S)[n+](Cc3ccccc3Cl)c(N)c2cc1OC. The van der Waals surface area contributed by atoms with E-state index in [4.69, 9.17) is 39.0 Å². The largest absolute Gasteiger partial charge is 0.493 e. The molecule has 2 aromatic carbocycles. The van der Waals surface area contributed by atoms with E-state index in [9.17, 15) is 0 Å². The molecule has 0 saturated carbocycles. The molecule has 1 heterocycles. The van der Waals surface area contributed by atoms with Crippen LogP contribution in [-0.2, 0) is 6.54 Å². The number of aromatic nitrogens is 2. The number of anilines is 1. The molecule has 0 bridgehead atoms. The average molecular weight is 363 g/mol. The lowest BCUT2D eigenvalue weighted by Crippen LogP contribution is -2.40. The Bertz CT molecular complexity index is 972. The van der Waals surface area contributed by atoms with Gasteiger partial charge in [-0.05, 0) is 18.3 Å². The Labute approximate surface area is 149 Å². The minimum Gasteiger partial charge on any atom is -0.493 e. The number of ether oxygens (including phenoxy) is 2. The zero-order valence-corrected chi connectivity index (χ0v) is 14.9. The number of nitrogens with one attached hydrogen (secondary N) is 1. The van der Waals surface area contributed by atoms with Crippen LogP contribution in [0.15, 0.2) is 36.4 Å². The van der Waals surface area contributed by atoms with Crippen molar-refractivity contribution in [2.45, 2.75) is 6.54 Å². The number of benzene rings is 2. The van der Waals surface area contributed by atoms with Gasteiger partial charge in [0.15, 0.2) is 11.5 Å². The van der Waals surface area contributed by atoms with Crippen LogP contribution in [0.1, 0.15) is 5.56 Å². The van der Waals surface area contributed by atoms with Gasteiger partial charge in [0.25, 0.3) is 4.77 Å². The maximum atomic E-state index is 6.37. The lowest BCUT2D eigenvalue weighted by Gasteiger charge is -2.11. The summed E-state index contributed by atoms with van der Waals surface area (Å²) >= 11 is 11.7. The third-order valence-electron chi connectivity index (χ3n) is 3.86. The summed E-state index contributed by atoms with van der Waals surface area (Å²) in [5.74, 6) is 1.75. The second kappa shape index (κ2) is 6.67. The molecule has 0 unspecified atom stereocenters. The molecular formula is C17H17ClN3O2S+. The molecule has 0 fully saturated rings. The fourth-order valence-electron chi connectivity index (χ4n) is 2.59. The molecule has 1 aromatic heterocycles. The topological polar surface area (TPSA) is 64.2 Å². The zero-order valence-electron chi connectivity index (χ0n) is 13.3. The number of halogens is 1. The number of methoxy groups -OCH3 is 2. The lowest BCUT2D eigenvalue weighted by atomic mass is 10.2. The van der Waals surface area contributed by atoms with Gasteiger partial charge >= 0.3 is 0 Å². The van der Waals surface area contributed by atoms with E-state index >= 15 is 0 Å². The molecule has 3 rings (SSSR count). The third-order valence-corrected chi connectivity index (χ3v) is 4.55. The fourth-order valence-corrected chi connectivity index (χ4v) is 3.05. The van der Waals surface area contributed by atoms with Gasteiger partial charge in [-0.15, -0.1) is 0 Å². The van der Waals surface area contributed by atoms with Gasteiger partial charge in [-0.3, -0.25) is 4.98 Å². The summed E-state index contributed by atoms with van der Waals surface area (Å²) < 4.78 is 13.0. The molecule has 0 aliphatic carbocycles. The fraction of sp³-hybridized carbons (Fsp3) is 0.176. The van der Waals surface area contributed by atoms with E-state index in [2.05, 4.69) is 4.98 Å². The van der Waals surface area contributed by atoms with Crippen LogP contribution in [0.25, 0.3) is 10.9 Å². The molecule has 5 nitrogen and oxygen atoms in total. The van der Waals surface area contributed by atoms with Crippen molar-refractivity contribution in [1.82, 2.24) is 4.98 Å². The van der Waals surface area contributed by atoms with Gasteiger partial charge in [0, 0.05) is 22.7 Å². The molecule has 124 valence electrons. The molecule has 0 radical (unpaired) electrons. The van der Waals surface area contributed by atoms with Crippen molar-refractivity contribution in [2.75, 3.05) is 20.0 Å². The van der Waals surface area contributed by atoms with Crippen molar-refractivity contribution >= 4 is 40.5 Å². The molecule has 0 amide bonds. The van der Waals surface area contributed by atoms with Gasteiger partial charge < -0.3 is 15.2 Å². The molecule has 0 aliphatic heterocycles. The first-order chi connectivity index (χ1) is 11.5. The number of nitrogens with two attached hydrogens (primary N) is 1. The highest BCUT2D eigenvalue weighted by molar-refractivity contribution is 7.71. The summed E-state index contributed by atoms with van der Waals surface area (Å²) in [4.78, 5) is 3.18. The summed E-state index contributed by atoms with van der Waals surface area (Å²) in [7, 11) is 3.17. The predicted octanol–water partition coefficient (Wildman–Crippen LogP) is 3.49. The number of hydrogen-bond acceptors (Lipinski definition) is 4. The number of hydrogen-bond donors (Lipinski definition) is 2. The van der Waals surface area contributed by atoms with Crippen molar-refractivity contribution < 1.29 is 14.0 Å². The minimum absolute atomic E-state index is 0.477. The van der Waals surface area contributed by atoms with E-state index in [-0.39, 0.29) is 0 Å². The highest BCUT2D eigenvalue weighted by Gasteiger charge is 2.17. The molecule has 0 aliphatic rings. The predicted molar refractivity (Wildman–Crippen MR) is 97.4 cm³/mol. The molecule has 24 heavy (non-hydrogen) atoms. The van der Waals surface area contributed by atoms with Crippen LogP contribution in [0.4, 0.5) is 5.82 Å².